The van der Waals surface area contributed by atoms with Gasteiger partial charge in [-0.05, 0) is 67.3 Å². The van der Waals surface area contributed by atoms with Crippen molar-refractivity contribution < 1.29 is 30.7 Å². The number of nitrogens with zero attached hydrogens (tertiary/aromatic N) is 4. The average molecular weight is 555 g/mol. The van der Waals surface area contributed by atoms with Crippen LogP contribution >= 0.6 is 0 Å². The van der Waals surface area contributed by atoms with Crippen LogP contribution in [-0.2, 0) is 20.2 Å². The number of fused-ring (bicyclic) bond motifs is 1. The van der Waals surface area contributed by atoms with Crippen molar-refractivity contribution in [1.82, 2.24) is 0 Å². The molecule has 0 bridgehead atoms. The van der Waals surface area contributed by atoms with Crippen molar-refractivity contribution in [3.8, 4) is 5.75 Å². The molecule has 0 aromatic heterocycles. The number of methoxy groups -OCH3 is 1. The Bertz CT molecular complexity index is 1820. The minimum absolute atomic E-state index is 0.0417. The Hall–Kier alpha value is -4.04. The molecule has 0 saturated heterocycles. The Balaban J connectivity index is 1.70. The summed E-state index contributed by atoms with van der Waals surface area (Å²) in [4.78, 5) is -1.36. The maximum absolute atomic E-state index is 11.8. The van der Waals surface area contributed by atoms with Crippen molar-refractivity contribution in [1.29, 1.82) is 0 Å². The summed E-state index contributed by atoms with van der Waals surface area (Å²) in [5.74, 6) is 0.412. The number of azo groups is 2. The molecule has 196 valence electrons. The highest BCUT2D eigenvalue weighted by Gasteiger charge is 2.20. The van der Waals surface area contributed by atoms with E-state index < -0.39 is 30.0 Å². The highest BCUT2D eigenvalue weighted by molar-refractivity contribution is 7.86. The minimum atomic E-state index is -4.78. The van der Waals surface area contributed by atoms with Crippen LogP contribution in [0.3, 0.4) is 0 Å². The first kappa shape index (κ1) is 27.0. The summed E-state index contributed by atoms with van der Waals surface area (Å²) >= 11 is 0. The SMILES string of the molecule is COc1cc(N=Nc2ccc3c(S(=O)(=O)O)cc(S(=O)(=O)O)cc3c2)c(C)cc1N=Nc1ccc(C)cc1. The monoisotopic (exact) mass is 554 g/mol. The van der Waals surface area contributed by atoms with E-state index in [9.17, 15) is 25.9 Å². The maximum Gasteiger partial charge on any atom is 0.295 e. The zero-order valence-electron chi connectivity index (χ0n) is 20.4. The Labute approximate surface area is 219 Å². The Morgan fingerprint density at radius 3 is 1.95 bits per heavy atom. The summed E-state index contributed by atoms with van der Waals surface area (Å²) in [7, 11) is -8.04. The lowest BCUT2D eigenvalue weighted by Crippen LogP contribution is -2.04. The molecule has 4 aromatic carbocycles. The number of aryl methyl sites for hydroxylation is 2. The number of benzene rings is 4. The van der Waals surface area contributed by atoms with Gasteiger partial charge in [-0.3, -0.25) is 9.11 Å². The van der Waals surface area contributed by atoms with Gasteiger partial charge < -0.3 is 4.74 Å². The smallest absolute Gasteiger partial charge is 0.295 e. The lowest BCUT2D eigenvalue weighted by molar-refractivity contribution is 0.416. The van der Waals surface area contributed by atoms with E-state index in [0.717, 1.165) is 17.2 Å². The summed E-state index contributed by atoms with van der Waals surface area (Å²) in [6.45, 7) is 3.78. The fourth-order valence-corrected chi connectivity index (χ4v) is 4.92. The molecule has 0 fully saturated rings. The van der Waals surface area contributed by atoms with Crippen molar-refractivity contribution in [3.05, 3.63) is 77.9 Å². The van der Waals surface area contributed by atoms with Crippen LogP contribution in [0, 0.1) is 13.8 Å². The fraction of sp³-hybridized carbons (Fsp3) is 0.120. The zero-order chi connectivity index (χ0) is 27.7. The molecule has 0 heterocycles. The van der Waals surface area contributed by atoms with E-state index in [4.69, 9.17) is 4.74 Å². The van der Waals surface area contributed by atoms with Crippen molar-refractivity contribution in [2.45, 2.75) is 23.6 Å². The molecule has 11 nitrogen and oxygen atoms in total. The van der Waals surface area contributed by atoms with Crippen molar-refractivity contribution in [2.75, 3.05) is 7.11 Å². The summed E-state index contributed by atoms with van der Waals surface area (Å²) < 4.78 is 71.2. The lowest BCUT2D eigenvalue weighted by atomic mass is 10.1. The molecule has 0 aliphatic heterocycles. The minimum Gasteiger partial charge on any atom is -0.494 e. The molecule has 4 aromatic rings. The highest BCUT2D eigenvalue weighted by atomic mass is 32.2. The van der Waals surface area contributed by atoms with Gasteiger partial charge in [-0.1, -0.05) is 23.8 Å². The van der Waals surface area contributed by atoms with Crippen molar-refractivity contribution >= 4 is 53.8 Å². The van der Waals surface area contributed by atoms with Crippen LogP contribution in [0.2, 0.25) is 0 Å². The number of rotatable bonds is 7. The lowest BCUT2D eigenvalue weighted by Gasteiger charge is -2.08. The molecule has 13 heteroatoms. The largest absolute Gasteiger partial charge is 0.494 e. The van der Waals surface area contributed by atoms with Gasteiger partial charge in [0.25, 0.3) is 20.2 Å². The maximum atomic E-state index is 11.8. The van der Waals surface area contributed by atoms with Gasteiger partial charge in [0.1, 0.15) is 16.3 Å². The molecule has 0 atom stereocenters. The third kappa shape index (κ3) is 6.08. The first-order valence-corrected chi connectivity index (χ1v) is 13.8. The van der Waals surface area contributed by atoms with E-state index in [1.54, 1.807) is 19.1 Å². The first-order valence-electron chi connectivity index (χ1n) is 11.0. The van der Waals surface area contributed by atoms with Gasteiger partial charge in [0.05, 0.1) is 29.1 Å². The Kier molecular flexibility index (Phi) is 7.37. The molecule has 0 aliphatic carbocycles. The van der Waals surface area contributed by atoms with Gasteiger partial charge in [0, 0.05) is 11.5 Å². The normalized spacial score (nSPS) is 12.6. The first-order chi connectivity index (χ1) is 17.8. The predicted octanol–water partition coefficient (Wildman–Crippen LogP) is 6.79. The summed E-state index contributed by atoms with van der Waals surface area (Å²) in [5.41, 5.74) is 3.72. The van der Waals surface area contributed by atoms with E-state index in [2.05, 4.69) is 20.5 Å². The van der Waals surface area contributed by atoms with Crippen LogP contribution in [0.15, 0.2) is 97.0 Å². The average Bonchev–Trinajstić information content (AvgIpc) is 2.85. The summed E-state index contributed by atoms with van der Waals surface area (Å²) in [6, 6.07) is 16.9. The molecule has 0 aliphatic rings. The highest BCUT2D eigenvalue weighted by Crippen LogP contribution is 2.37. The quantitative estimate of drug-likeness (QED) is 0.187. The van der Waals surface area contributed by atoms with E-state index in [-0.39, 0.29) is 16.5 Å². The number of hydrogen-bond donors (Lipinski definition) is 2. The van der Waals surface area contributed by atoms with Crippen LogP contribution in [0.25, 0.3) is 10.8 Å². The topological polar surface area (TPSA) is 167 Å². The number of ether oxygens (including phenoxy) is 1. The third-order valence-corrected chi connectivity index (χ3v) is 7.25. The van der Waals surface area contributed by atoms with E-state index in [0.29, 0.717) is 28.9 Å². The van der Waals surface area contributed by atoms with E-state index in [1.807, 2.05) is 31.2 Å². The standard InChI is InChI=1S/C25H22N4O7S2/c1-15-4-6-18(7-5-15)26-29-23-10-16(2)22(14-24(23)36-3)28-27-19-8-9-21-17(11-19)12-20(37(30,31)32)13-25(21)38(33,34)35/h4-14H,1-3H3,(H,30,31,32)(H,33,34,35). The van der Waals surface area contributed by atoms with E-state index >= 15 is 0 Å². The summed E-state index contributed by atoms with van der Waals surface area (Å²) in [6.07, 6.45) is 0. The fourth-order valence-electron chi connectivity index (χ4n) is 3.57. The van der Waals surface area contributed by atoms with Crippen molar-refractivity contribution in [3.63, 3.8) is 0 Å². The second-order valence-electron chi connectivity index (χ2n) is 8.32. The second-order valence-corrected chi connectivity index (χ2v) is 11.1. The van der Waals surface area contributed by atoms with Crippen LogP contribution in [0.4, 0.5) is 22.7 Å². The van der Waals surface area contributed by atoms with Gasteiger partial charge in [0.15, 0.2) is 0 Å². The van der Waals surface area contributed by atoms with Gasteiger partial charge in [0.2, 0.25) is 0 Å². The van der Waals surface area contributed by atoms with Crippen LogP contribution in [0.5, 0.6) is 5.75 Å². The molecule has 0 radical (unpaired) electrons. The van der Waals surface area contributed by atoms with E-state index in [1.165, 1.54) is 25.3 Å². The molecular weight excluding hydrogens is 532 g/mol. The van der Waals surface area contributed by atoms with Gasteiger partial charge in [-0.25, -0.2) is 0 Å². The van der Waals surface area contributed by atoms with Gasteiger partial charge in [-0.2, -0.15) is 32.2 Å². The molecular formula is C25H22N4O7S2. The molecule has 0 spiro atoms. The van der Waals surface area contributed by atoms with Gasteiger partial charge >= 0.3 is 0 Å². The van der Waals surface area contributed by atoms with Crippen molar-refractivity contribution in [2.24, 2.45) is 20.5 Å². The summed E-state index contributed by atoms with van der Waals surface area (Å²) in [5, 5.41) is 17.1. The molecule has 4 rings (SSSR count). The molecule has 0 saturated carbocycles. The van der Waals surface area contributed by atoms with Crippen LogP contribution < -0.4 is 4.74 Å². The second kappa shape index (κ2) is 10.4. The van der Waals surface area contributed by atoms with Crippen LogP contribution in [0.1, 0.15) is 11.1 Å². The molecule has 0 amide bonds. The zero-order valence-corrected chi connectivity index (χ0v) is 22.0. The molecule has 0 unspecified atom stereocenters. The van der Waals surface area contributed by atoms with Gasteiger partial charge in [-0.15, -0.1) is 5.11 Å². The molecule has 38 heavy (non-hydrogen) atoms. The predicted molar refractivity (Wildman–Crippen MR) is 141 cm³/mol. The molecule has 2 N–H and O–H groups in total. The number of hydrogen-bond acceptors (Lipinski definition) is 9. The Morgan fingerprint density at radius 2 is 1.32 bits per heavy atom. The Morgan fingerprint density at radius 1 is 0.684 bits per heavy atom. The third-order valence-electron chi connectivity index (χ3n) is 5.53. The van der Waals surface area contributed by atoms with Crippen LogP contribution in [-0.4, -0.2) is 33.1 Å².